The molecule has 1 N–H and O–H groups in total. The first-order valence-electron chi connectivity index (χ1n) is 10.7. The minimum atomic E-state index is -5.20. The predicted octanol–water partition coefficient (Wildman–Crippen LogP) is 3.00. The van der Waals surface area contributed by atoms with Crippen molar-refractivity contribution in [3.05, 3.63) is 81.9 Å². The molecule has 0 radical (unpaired) electrons. The van der Waals surface area contributed by atoms with Crippen molar-refractivity contribution in [3.63, 3.8) is 0 Å². The van der Waals surface area contributed by atoms with Gasteiger partial charge in [-0.25, -0.2) is 4.79 Å². The molecule has 1 aliphatic rings. The Morgan fingerprint density at radius 2 is 1.47 bits per heavy atom. The molecule has 0 saturated carbocycles. The summed E-state index contributed by atoms with van der Waals surface area (Å²) in [5.41, 5.74) is 5.05. The van der Waals surface area contributed by atoms with Gasteiger partial charge in [0.05, 0.1) is 0 Å². The van der Waals surface area contributed by atoms with E-state index in [0.29, 0.717) is 16.0 Å². The number of amides is 1. The standard InChI is InChI=1S/C25H24BF3NO2S.K/c1-14-21(15(2)24(33)16(3)23(14)26(27,28)29)12-30-25(31)32-13-22-19-10-6-4-8-17(19)18-9-5-7-11-20(18)22;/h4-11,22,33H,12-13H2,1-3H3,(H,30,31);/q-1;+1. The zero-order chi connectivity index (χ0) is 23.9. The Kier molecular flexibility index (Phi) is 8.69. The van der Waals surface area contributed by atoms with Gasteiger partial charge in [-0.15, -0.1) is 18.1 Å². The van der Waals surface area contributed by atoms with Crippen molar-refractivity contribution in [2.24, 2.45) is 0 Å². The van der Waals surface area contributed by atoms with Crippen LogP contribution < -0.4 is 62.2 Å². The molecule has 0 aliphatic heterocycles. The summed E-state index contributed by atoms with van der Waals surface area (Å²) < 4.78 is 46.5. The fourth-order valence-electron chi connectivity index (χ4n) is 4.84. The van der Waals surface area contributed by atoms with E-state index in [1.165, 1.54) is 13.8 Å². The minimum Gasteiger partial charge on any atom is -0.449 e. The van der Waals surface area contributed by atoms with Crippen LogP contribution in [0.5, 0.6) is 0 Å². The van der Waals surface area contributed by atoms with Gasteiger partial charge in [0.2, 0.25) is 0 Å². The van der Waals surface area contributed by atoms with Crippen molar-refractivity contribution < 1.29 is 73.9 Å². The zero-order valence-electron chi connectivity index (χ0n) is 19.6. The van der Waals surface area contributed by atoms with Crippen molar-refractivity contribution in [2.45, 2.75) is 38.1 Å². The number of fused-ring (bicyclic) bond motifs is 3. The third kappa shape index (κ3) is 5.15. The van der Waals surface area contributed by atoms with Gasteiger partial charge in [-0.1, -0.05) is 59.7 Å². The maximum Gasteiger partial charge on any atom is 1.00 e. The first-order chi connectivity index (χ1) is 15.6. The van der Waals surface area contributed by atoms with E-state index in [9.17, 15) is 17.7 Å². The molecule has 0 bridgehead atoms. The molecule has 172 valence electrons. The number of carbonyl (C=O) groups excluding carboxylic acids is 1. The largest absolute Gasteiger partial charge is 1.00 e. The molecule has 0 heterocycles. The number of carbonyl (C=O) groups is 1. The second kappa shape index (κ2) is 10.8. The summed E-state index contributed by atoms with van der Waals surface area (Å²) in [5, 5.41) is 2.62. The summed E-state index contributed by atoms with van der Waals surface area (Å²) in [7, 11) is 0. The number of alkyl carbamates (subject to hydrolysis) is 1. The summed E-state index contributed by atoms with van der Waals surface area (Å²) in [5.74, 6) is -0.0884. The van der Waals surface area contributed by atoms with Gasteiger partial charge in [-0.2, -0.15) is 0 Å². The van der Waals surface area contributed by atoms with E-state index in [1.54, 1.807) is 6.92 Å². The normalized spacial score (nSPS) is 12.6. The summed E-state index contributed by atoms with van der Waals surface area (Å²) >= 11 is 4.29. The fourth-order valence-corrected chi connectivity index (χ4v) is 5.10. The van der Waals surface area contributed by atoms with Gasteiger partial charge in [0.1, 0.15) is 6.61 Å². The second-order valence-corrected chi connectivity index (χ2v) is 8.82. The van der Waals surface area contributed by atoms with Gasteiger partial charge in [0, 0.05) is 17.4 Å². The van der Waals surface area contributed by atoms with Crippen LogP contribution in [0.15, 0.2) is 53.4 Å². The van der Waals surface area contributed by atoms with E-state index in [-0.39, 0.29) is 81.6 Å². The number of hydrogen-bond donors (Lipinski definition) is 2. The summed E-state index contributed by atoms with van der Waals surface area (Å²) in [6.45, 7) is -0.555. The number of halogens is 3. The molecule has 3 nitrogen and oxygen atoms in total. The Bertz CT molecular complexity index is 1200. The van der Waals surface area contributed by atoms with Crippen molar-refractivity contribution in [2.75, 3.05) is 6.61 Å². The van der Waals surface area contributed by atoms with Crippen LogP contribution in [0.1, 0.15) is 39.3 Å². The molecule has 34 heavy (non-hydrogen) atoms. The van der Waals surface area contributed by atoms with Gasteiger partial charge in [0.15, 0.2) is 0 Å². The maximum absolute atomic E-state index is 13.7. The topological polar surface area (TPSA) is 38.3 Å². The van der Waals surface area contributed by atoms with Crippen LogP contribution in [-0.4, -0.2) is 19.7 Å². The molecule has 0 saturated heterocycles. The summed E-state index contributed by atoms with van der Waals surface area (Å²) in [6, 6.07) is 16.0. The molecule has 1 aliphatic carbocycles. The second-order valence-electron chi connectivity index (χ2n) is 8.37. The Hall–Kier alpha value is -1.23. The van der Waals surface area contributed by atoms with Gasteiger partial charge < -0.3 is 23.0 Å². The number of benzene rings is 3. The van der Waals surface area contributed by atoms with Crippen molar-refractivity contribution in [1.29, 1.82) is 0 Å². The third-order valence-corrected chi connectivity index (χ3v) is 7.18. The molecule has 0 aromatic heterocycles. The SMILES string of the molecule is Cc1c(S)c(C)c([B-](F)(F)F)c(C)c1CNC(=O)OCC1c2ccccc2-c2ccccc21.[K+]. The van der Waals surface area contributed by atoms with Crippen molar-refractivity contribution in [3.8, 4) is 11.1 Å². The number of rotatable bonds is 5. The minimum absolute atomic E-state index is 0. The molecule has 1 amide bonds. The molecule has 0 atom stereocenters. The molecular weight excluding hydrogens is 485 g/mol. The monoisotopic (exact) mass is 509 g/mol. The Morgan fingerprint density at radius 1 is 0.941 bits per heavy atom. The van der Waals surface area contributed by atoms with E-state index < -0.39 is 18.5 Å². The van der Waals surface area contributed by atoms with Gasteiger partial charge >= 0.3 is 64.5 Å². The van der Waals surface area contributed by atoms with Crippen LogP contribution in [-0.2, 0) is 11.3 Å². The van der Waals surface area contributed by atoms with Crippen molar-refractivity contribution >= 4 is 31.2 Å². The van der Waals surface area contributed by atoms with Crippen LogP contribution in [0.3, 0.4) is 0 Å². The Morgan fingerprint density at radius 3 is 2.00 bits per heavy atom. The van der Waals surface area contributed by atoms with Crippen LogP contribution >= 0.6 is 12.6 Å². The van der Waals surface area contributed by atoms with Crippen LogP contribution in [0.25, 0.3) is 11.1 Å². The van der Waals surface area contributed by atoms with E-state index in [1.807, 2.05) is 48.5 Å². The Balaban J connectivity index is 0.00000324. The molecular formula is C25H24BF3KNO2S. The van der Waals surface area contributed by atoms with Crippen LogP contribution in [0.4, 0.5) is 17.7 Å². The van der Waals surface area contributed by atoms with Crippen molar-refractivity contribution in [1.82, 2.24) is 5.32 Å². The number of hydrogen-bond acceptors (Lipinski definition) is 3. The molecule has 9 heteroatoms. The average Bonchev–Trinajstić information content (AvgIpc) is 3.09. The van der Waals surface area contributed by atoms with Gasteiger partial charge in [-0.3, -0.25) is 0 Å². The van der Waals surface area contributed by atoms with Crippen LogP contribution in [0, 0.1) is 20.8 Å². The zero-order valence-corrected chi connectivity index (χ0v) is 23.6. The number of nitrogens with one attached hydrogen (secondary N) is 1. The summed E-state index contributed by atoms with van der Waals surface area (Å²) in [6.07, 6.45) is -0.670. The smallest absolute Gasteiger partial charge is 0.449 e. The first kappa shape index (κ1) is 27.4. The van der Waals surface area contributed by atoms with E-state index >= 15 is 0 Å². The first-order valence-corrected chi connectivity index (χ1v) is 11.2. The predicted molar refractivity (Wildman–Crippen MR) is 129 cm³/mol. The average molecular weight is 509 g/mol. The quantitative estimate of drug-likeness (QED) is 0.410. The number of thiol groups is 1. The molecule has 3 aromatic carbocycles. The molecule has 3 aromatic rings. The number of ether oxygens (including phenoxy) is 1. The van der Waals surface area contributed by atoms with Crippen LogP contribution in [0.2, 0.25) is 0 Å². The van der Waals surface area contributed by atoms with Gasteiger partial charge in [0.25, 0.3) is 0 Å². The molecule has 0 unspecified atom stereocenters. The van der Waals surface area contributed by atoms with E-state index in [0.717, 1.165) is 22.3 Å². The third-order valence-electron chi connectivity index (χ3n) is 6.50. The summed E-state index contributed by atoms with van der Waals surface area (Å²) in [4.78, 5) is 12.8. The molecule has 4 rings (SSSR count). The van der Waals surface area contributed by atoms with E-state index in [4.69, 9.17) is 4.74 Å². The maximum atomic E-state index is 13.7. The van der Waals surface area contributed by atoms with Gasteiger partial charge in [-0.05, 0) is 54.2 Å². The fraction of sp³-hybridized carbons (Fsp3) is 0.240. The van der Waals surface area contributed by atoms with E-state index in [2.05, 4.69) is 17.9 Å². The molecule has 0 fully saturated rings. The molecule has 0 spiro atoms. The Labute approximate surface area is 245 Å².